The number of carbonyl (C=O) groups is 1. The van der Waals surface area contributed by atoms with Gasteiger partial charge in [-0.2, -0.15) is 0 Å². The fourth-order valence-electron chi connectivity index (χ4n) is 4.76. The number of methoxy groups -OCH3 is 2. The van der Waals surface area contributed by atoms with E-state index >= 15 is 0 Å². The van der Waals surface area contributed by atoms with E-state index in [1.54, 1.807) is 19.4 Å². The van der Waals surface area contributed by atoms with Crippen molar-refractivity contribution in [1.29, 1.82) is 0 Å². The van der Waals surface area contributed by atoms with Gasteiger partial charge in [-0.05, 0) is 47.1 Å². The largest absolute Gasteiger partial charge is 0.494 e. The Labute approximate surface area is 260 Å². The predicted molar refractivity (Wildman–Crippen MR) is 171 cm³/mol. The van der Waals surface area contributed by atoms with Crippen LogP contribution in [0.3, 0.4) is 0 Å². The van der Waals surface area contributed by atoms with Gasteiger partial charge in [-0.1, -0.05) is 30.1 Å². The van der Waals surface area contributed by atoms with Crippen LogP contribution in [-0.4, -0.2) is 67.7 Å². The summed E-state index contributed by atoms with van der Waals surface area (Å²) in [6, 6.07) is 6.11. The van der Waals surface area contributed by atoms with Gasteiger partial charge in [0.25, 0.3) is 5.91 Å². The van der Waals surface area contributed by atoms with Crippen molar-refractivity contribution in [3.63, 3.8) is 0 Å². The van der Waals surface area contributed by atoms with Crippen LogP contribution in [-0.2, 0) is 0 Å². The molecule has 0 bridgehead atoms. The lowest BCUT2D eigenvalue weighted by molar-refractivity contribution is 0.102. The van der Waals surface area contributed by atoms with Crippen LogP contribution in [0, 0.1) is 6.92 Å². The number of halogens is 3. The van der Waals surface area contributed by atoms with Crippen molar-refractivity contribution < 1.29 is 14.3 Å². The number of hydrogen-bond donors (Lipinski definition) is 2. The summed E-state index contributed by atoms with van der Waals surface area (Å²) in [5.41, 5.74) is 3.71. The lowest BCUT2D eigenvalue weighted by atomic mass is 10.2. The third-order valence-corrected chi connectivity index (χ3v) is 9.92. The summed E-state index contributed by atoms with van der Waals surface area (Å²) >= 11 is 17.9. The van der Waals surface area contributed by atoms with Gasteiger partial charge in [0.15, 0.2) is 11.6 Å². The minimum absolute atomic E-state index is 0.197. The molecule has 216 valence electrons. The monoisotopic (exact) mass is 678 g/mol. The van der Waals surface area contributed by atoms with E-state index in [2.05, 4.69) is 59.3 Å². The molecular weight excluding hydrogens is 651 g/mol. The first-order valence-electron chi connectivity index (χ1n) is 12.9. The quantitative estimate of drug-likeness (QED) is 0.202. The van der Waals surface area contributed by atoms with Crippen LogP contribution >= 0.6 is 50.5 Å². The molecule has 0 spiro atoms. The number of benzene rings is 2. The molecule has 0 aliphatic carbocycles. The molecule has 1 amide bonds. The molecule has 41 heavy (non-hydrogen) atoms. The number of anilines is 4. The minimum Gasteiger partial charge on any atom is -0.494 e. The summed E-state index contributed by atoms with van der Waals surface area (Å²) < 4.78 is 12.5. The van der Waals surface area contributed by atoms with E-state index in [9.17, 15) is 4.79 Å². The third-order valence-electron chi connectivity index (χ3n) is 7.16. The summed E-state index contributed by atoms with van der Waals surface area (Å²) in [5.74, 6) is 1.25. The van der Waals surface area contributed by atoms with Gasteiger partial charge < -0.3 is 29.9 Å². The summed E-state index contributed by atoms with van der Waals surface area (Å²) in [4.78, 5) is 27.1. The number of carbonyl (C=O) groups excluding carboxylic acids is 1. The Hall–Kier alpha value is -2.83. The molecule has 4 aromatic rings. The SMILES string of the molecule is CCN1CCN(c2ccc(Nc3ncnc4c(C(=O)Nc5c(Cl)c(C)c(Br)c(OC)c5Cl)csc34)c(OC)c2)CC1. The van der Waals surface area contributed by atoms with Gasteiger partial charge >= 0.3 is 0 Å². The van der Waals surface area contributed by atoms with Crippen LogP contribution in [0.25, 0.3) is 10.2 Å². The highest BCUT2D eigenvalue weighted by Gasteiger charge is 2.24. The molecule has 0 unspecified atom stereocenters. The van der Waals surface area contributed by atoms with Crippen molar-refractivity contribution in [3.05, 3.63) is 55.6 Å². The molecule has 5 rings (SSSR count). The van der Waals surface area contributed by atoms with Crippen LogP contribution in [0.1, 0.15) is 22.8 Å². The van der Waals surface area contributed by atoms with E-state index in [0.29, 0.717) is 43.5 Å². The molecule has 9 nitrogen and oxygen atoms in total. The summed E-state index contributed by atoms with van der Waals surface area (Å²) in [5, 5.41) is 8.46. The number of aromatic nitrogens is 2. The highest BCUT2D eigenvalue weighted by molar-refractivity contribution is 9.10. The number of likely N-dealkylation sites (N-methyl/N-ethyl adjacent to an activating group) is 1. The molecule has 1 aliphatic heterocycles. The van der Waals surface area contributed by atoms with E-state index in [4.69, 9.17) is 32.7 Å². The van der Waals surface area contributed by atoms with Crippen LogP contribution in [0.4, 0.5) is 22.9 Å². The van der Waals surface area contributed by atoms with Crippen molar-refractivity contribution in [2.45, 2.75) is 13.8 Å². The second-order valence-electron chi connectivity index (χ2n) is 9.41. The van der Waals surface area contributed by atoms with Crippen molar-refractivity contribution in [2.75, 3.05) is 62.5 Å². The first kappa shape index (κ1) is 29.7. The number of thiophene rings is 1. The van der Waals surface area contributed by atoms with E-state index in [-0.39, 0.29) is 10.7 Å². The van der Waals surface area contributed by atoms with Gasteiger partial charge in [-0.15, -0.1) is 11.3 Å². The van der Waals surface area contributed by atoms with Gasteiger partial charge in [0, 0.05) is 43.3 Å². The molecule has 2 aromatic heterocycles. The van der Waals surface area contributed by atoms with Crippen molar-refractivity contribution >= 4 is 89.5 Å². The molecule has 1 saturated heterocycles. The van der Waals surface area contributed by atoms with E-state index in [1.807, 2.05) is 12.1 Å². The van der Waals surface area contributed by atoms with Gasteiger partial charge in [-0.3, -0.25) is 4.79 Å². The lowest BCUT2D eigenvalue weighted by Crippen LogP contribution is -2.46. The van der Waals surface area contributed by atoms with E-state index < -0.39 is 5.91 Å². The number of ether oxygens (including phenoxy) is 2. The van der Waals surface area contributed by atoms with E-state index in [0.717, 1.165) is 48.8 Å². The number of fused-ring (bicyclic) bond motifs is 1. The zero-order chi connectivity index (χ0) is 29.3. The first-order valence-corrected chi connectivity index (χ1v) is 15.4. The van der Waals surface area contributed by atoms with Gasteiger partial charge in [0.2, 0.25) is 0 Å². The Kier molecular flexibility index (Phi) is 9.10. The molecular formula is C28H29BrCl2N6O3S. The highest BCUT2D eigenvalue weighted by atomic mass is 79.9. The zero-order valence-corrected chi connectivity index (χ0v) is 26.9. The second kappa shape index (κ2) is 12.6. The number of piperazine rings is 1. The standard InChI is InChI=1S/C28H29BrCl2N6O3S/c1-5-36-8-10-37(11-9-36)16-6-7-18(19(12-16)39-3)34-27-26-23(32-14-33-27)17(13-41-26)28(38)35-24-21(30)15(2)20(29)25(40-4)22(24)31/h6-7,12-14H,5,8-11H2,1-4H3,(H,35,38)(H,32,33,34). The summed E-state index contributed by atoms with van der Waals surface area (Å²) in [7, 11) is 3.15. The molecule has 0 atom stereocenters. The Balaban J connectivity index is 1.40. The van der Waals surface area contributed by atoms with Crippen LogP contribution in [0.15, 0.2) is 34.4 Å². The summed E-state index contributed by atoms with van der Waals surface area (Å²) in [6.07, 6.45) is 1.43. The third kappa shape index (κ3) is 5.78. The Morgan fingerprint density at radius 3 is 2.56 bits per heavy atom. The molecule has 13 heteroatoms. The maximum atomic E-state index is 13.4. The fraction of sp³-hybridized carbons (Fsp3) is 0.321. The van der Waals surface area contributed by atoms with E-state index in [1.165, 1.54) is 24.8 Å². The highest BCUT2D eigenvalue weighted by Crippen LogP contribution is 2.46. The Bertz CT molecular complexity index is 1610. The summed E-state index contributed by atoms with van der Waals surface area (Å²) in [6.45, 7) is 9.09. The maximum Gasteiger partial charge on any atom is 0.258 e. The predicted octanol–water partition coefficient (Wildman–Crippen LogP) is 7.22. The molecule has 1 fully saturated rings. The van der Waals surface area contributed by atoms with Crippen LogP contribution in [0.2, 0.25) is 10.0 Å². The van der Waals surface area contributed by atoms with Gasteiger partial charge in [-0.25, -0.2) is 9.97 Å². The number of hydrogen-bond acceptors (Lipinski definition) is 9. The first-order chi connectivity index (χ1) is 19.8. The Morgan fingerprint density at radius 2 is 1.88 bits per heavy atom. The lowest BCUT2D eigenvalue weighted by Gasteiger charge is -2.35. The van der Waals surface area contributed by atoms with Crippen molar-refractivity contribution in [1.82, 2.24) is 14.9 Å². The molecule has 1 aliphatic rings. The number of nitrogens with one attached hydrogen (secondary N) is 2. The Morgan fingerprint density at radius 1 is 1.12 bits per heavy atom. The number of amides is 1. The normalized spacial score (nSPS) is 13.9. The van der Waals surface area contributed by atoms with Crippen molar-refractivity contribution in [3.8, 4) is 11.5 Å². The number of rotatable bonds is 8. The average Bonchev–Trinajstić information content (AvgIpc) is 3.44. The van der Waals surface area contributed by atoms with Crippen molar-refractivity contribution in [2.24, 2.45) is 0 Å². The fourth-order valence-corrected chi connectivity index (χ4v) is 7.09. The van der Waals surface area contributed by atoms with Crippen LogP contribution in [0.5, 0.6) is 11.5 Å². The number of nitrogens with zero attached hydrogens (tertiary/aromatic N) is 4. The molecule has 0 radical (unpaired) electrons. The van der Waals surface area contributed by atoms with Gasteiger partial charge in [0.1, 0.15) is 17.1 Å². The molecule has 3 heterocycles. The van der Waals surface area contributed by atoms with Gasteiger partial charge in [0.05, 0.1) is 50.9 Å². The van der Waals surface area contributed by atoms with Crippen LogP contribution < -0.4 is 25.0 Å². The molecule has 2 aromatic carbocycles. The topological polar surface area (TPSA) is 91.9 Å². The minimum atomic E-state index is -0.404. The smallest absolute Gasteiger partial charge is 0.258 e. The average molecular weight is 680 g/mol. The molecule has 0 saturated carbocycles. The second-order valence-corrected chi connectivity index (χ2v) is 11.8. The zero-order valence-electron chi connectivity index (χ0n) is 23.0. The molecule has 2 N–H and O–H groups in total. The maximum absolute atomic E-state index is 13.4.